The van der Waals surface area contributed by atoms with E-state index in [9.17, 15) is 4.79 Å². The van der Waals surface area contributed by atoms with Crippen LogP contribution in [0.4, 0.5) is 0 Å². The van der Waals surface area contributed by atoms with Crippen molar-refractivity contribution in [2.24, 2.45) is 0 Å². The van der Waals surface area contributed by atoms with Crippen LogP contribution in [0.1, 0.15) is 10.4 Å². The number of nitrogens with zero attached hydrogens (tertiary/aromatic N) is 3. The number of para-hydroxylation sites is 1. The van der Waals surface area contributed by atoms with Crippen molar-refractivity contribution in [2.75, 3.05) is 0 Å². The lowest BCUT2D eigenvalue weighted by Gasteiger charge is -2.06. The Morgan fingerprint density at radius 3 is 2.38 bits per heavy atom. The molecule has 0 amide bonds. The topological polar surface area (TPSA) is 57.0 Å². The average Bonchev–Trinajstić information content (AvgIpc) is 3.02. The molecular formula is C16H13N3O2. The van der Waals surface area contributed by atoms with Gasteiger partial charge in [0, 0.05) is 5.56 Å². The van der Waals surface area contributed by atoms with Gasteiger partial charge in [0.15, 0.2) is 5.78 Å². The summed E-state index contributed by atoms with van der Waals surface area (Å²) >= 11 is 0. The molecule has 0 saturated carbocycles. The first-order valence-electron chi connectivity index (χ1n) is 6.50. The van der Waals surface area contributed by atoms with E-state index in [1.807, 2.05) is 30.3 Å². The number of ketones is 1. The van der Waals surface area contributed by atoms with Crippen molar-refractivity contribution in [2.45, 2.75) is 6.54 Å². The fourth-order valence-corrected chi connectivity index (χ4v) is 1.89. The maximum atomic E-state index is 12.1. The molecule has 21 heavy (non-hydrogen) atoms. The molecule has 5 nitrogen and oxygen atoms in total. The standard InChI is InChI=1S/C16H13N3O2/c20-16(10-19-12-17-11-18-19)13-6-8-15(9-7-13)21-14-4-2-1-3-5-14/h1-9,11-12H,10H2. The fourth-order valence-electron chi connectivity index (χ4n) is 1.89. The first kappa shape index (κ1) is 13.1. The van der Waals surface area contributed by atoms with Gasteiger partial charge in [0.05, 0.1) is 0 Å². The molecule has 0 aliphatic rings. The molecule has 1 aromatic heterocycles. The van der Waals surface area contributed by atoms with Gasteiger partial charge in [-0.05, 0) is 36.4 Å². The molecule has 0 spiro atoms. The predicted molar refractivity (Wildman–Crippen MR) is 77.3 cm³/mol. The molecule has 0 fully saturated rings. The summed E-state index contributed by atoms with van der Waals surface area (Å²) < 4.78 is 7.18. The van der Waals surface area contributed by atoms with Crippen molar-refractivity contribution in [1.82, 2.24) is 14.8 Å². The molecule has 0 aliphatic carbocycles. The van der Waals surface area contributed by atoms with Crippen molar-refractivity contribution in [1.29, 1.82) is 0 Å². The molecule has 0 radical (unpaired) electrons. The smallest absolute Gasteiger partial charge is 0.184 e. The lowest BCUT2D eigenvalue weighted by atomic mass is 10.1. The molecule has 104 valence electrons. The first-order chi connectivity index (χ1) is 10.3. The zero-order valence-electron chi connectivity index (χ0n) is 11.2. The number of benzene rings is 2. The van der Waals surface area contributed by atoms with E-state index >= 15 is 0 Å². The van der Waals surface area contributed by atoms with Gasteiger partial charge in [0.2, 0.25) is 0 Å². The highest BCUT2D eigenvalue weighted by Gasteiger charge is 2.07. The summed E-state index contributed by atoms with van der Waals surface area (Å²) in [4.78, 5) is 15.9. The molecular weight excluding hydrogens is 266 g/mol. The molecule has 2 aromatic carbocycles. The third-order valence-corrected chi connectivity index (χ3v) is 2.93. The summed E-state index contributed by atoms with van der Waals surface area (Å²) in [6.45, 7) is 0.179. The number of aromatic nitrogens is 3. The van der Waals surface area contributed by atoms with Crippen molar-refractivity contribution < 1.29 is 9.53 Å². The maximum absolute atomic E-state index is 12.1. The second-order valence-electron chi connectivity index (χ2n) is 4.46. The Labute approximate surface area is 121 Å². The van der Waals surface area contributed by atoms with Crippen LogP contribution >= 0.6 is 0 Å². The second kappa shape index (κ2) is 6.00. The summed E-state index contributed by atoms with van der Waals surface area (Å²) in [5.74, 6) is 1.43. The molecule has 0 N–H and O–H groups in total. The number of Topliss-reactive ketones (excluding diaryl/α,β-unsaturated/α-hetero) is 1. The van der Waals surface area contributed by atoms with Crippen molar-refractivity contribution in [3.8, 4) is 11.5 Å². The molecule has 3 aromatic rings. The van der Waals surface area contributed by atoms with E-state index in [0.29, 0.717) is 11.3 Å². The number of rotatable bonds is 5. The quantitative estimate of drug-likeness (QED) is 0.674. The Kier molecular flexibility index (Phi) is 3.73. The molecule has 3 rings (SSSR count). The van der Waals surface area contributed by atoms with E-state index in [2.05, 4.69) is 10.1 Å². The fraction of sp³-hybridized carbons (Fsp3) is 0.0625. The molecule has 0 aliphatic heterocycles. The zero-order valence-corrected chi connectivity index (χ0v) is 11.2. The molecule has 0 bridgehead atoms. The van der Waals surface area contributed by atoms with Crippen LogP contribution in [0.5, 0.6) is 11.5 Å². The molecule has 0 unspecified atom stereocenters. The summed E-state index contributed by atoms with van der Waals surface area (Å²) in [7, 11) is 0. The largest absolute Gasteiger partial charge is 0.457 e. The monoisotopic (exact) mass is 279 g/mol. The highest BCUT2D eigenvalue weighted by Crippen LogP contribution is 2.21. The summed E-state index contributed by atoms with van der Waals surface area (Å²) in [5.41, 5.74) is 0.617. The van der Waals surface area contributed by atoms with Crippen LogP contribution in [-0.4, -0.2) is 20.5 Å². The molecule has 1 heterocycles. The minimum atomic E-state index is -0.0215. The van der Waals surface area contributed by atoms with E-state index in [1.165, 1.54) is 17.3 Å². The van der Waals surface area contributed by atoms with Gasteiger partial charge in [-0.15, -0.1) is 0 Å². The van der Waals surface area contributed by atoms with Gasteiger partial charge in [-0.1, -0.05) is 18.2 Å². The van der Waals surface area contributed by atoms with Crippen molar-refractivity contribution in [3.63, 3.8) is 0 Å². The Balaban J connectivity index is 1.68. The Hall–Kier alpha value is -2.95. The number of hydrogen-bond acceptors (Lipinski definition) is 4. The number of ether oxygens (including phenoxy) is 1. The maximum Gasteiger partial charge on any atom is 0.184 e. The summed E-state index contributed by atoms with van der Waals surface area (Å²) in [6, 6.07) is 16.6. The van der Waals surface area contributed by atoms with Crippen LogP contribution in [0.25, 0.3) is 0 Å². The van der Waals surface area contributed by atoms with Gasteiger partial charge in [-0.3, -0.25) is 4.79 Å². The number of carbonyl (C=O) groups is 1. The number of carbonyl (C=O) groups excluding carboxylic acids is 1. The average molecular weight is 279 g/mol. The van der Waals surface area contributed by atoms with E-state index in [4.69, 9.17) is 4.74 Å². The van der Waals surface area contributed by atoms with Gasteiger partial charge in [-0.25, -0.2) is 9.67 Å². The summed E-state index contributed by atoms with van der Waals surface area (Å²) in [5, 5.41) is 3.92. The first-order valence-corrected chi connectivity index (χ1v) is 6.50. The van der Waals surface area contributed by atoms with Gasteiger partial charge >= 0.3 is 0 Å². The van der Waals surface area contributed by atoms with Crippen LogP contribution < -0.4 is 4.74 Å². The minimum absolute atomic E-state index is 0.0215. The van der Waals surface area contributed by atoms with E-state index in [0.717, 1.165) is 5.75 Å². The van der Waals surface area contributed by atoms with Crippen molar-refractivity contribution >= 4 is 5.78 Å². The van der Waals surface area contributed by atoms with Gasteiger partial charge < -0.3 is 4.74 Å². The molecule has 0 atom stereocenters. The predicted octanol–water partition coefficient (Wildman–Crippen LogP) is 2.95. The molecule has 5 heteroatoms. The Bertz CT molecular complexity index is 707. The van der Waals surface area contributed by atoms with Crippen LogP contribution in [0.2, 0.25) is 0 Å². The van der Waals surface area contributed by atoms with Gasteiger partial charge in [-0.2, -0.15) is 5.10 Å². The minimum Gasteiger partial charge on any atom is -0.457 e. The van der Waals surface area contributed by atoms with Crippen LogP contribution in [0.3, 0.4) is 0 Å². The normalized spacial score (nSPS) is 10.3. The van der Waals surface area contributed by atoms with Crippen LogP contribution in [-0.2, 0) is 6.54 Å². The highest BCUT2D eigenvalue weighted by atomic mass is 16.5. The zero-order chi connectivity index (χ0) is 14.5. The third-order valence-electron chi connectivity index (χ3n) is 2.93. The van der Waals surface area contributed by atoms with Crippen molar-refractivity contribution in [3.05, 3.63) is 72.8 Å². The van der Waals surface area contributed by atoms with Gasteiger partial charge in [0.25, 0.3) is 0 Å². The Morgan fingerprint density at radius 1 is 1.00 bits per heavy atom. The van der Waals surface area contributed by atoms with E-state index in [1.54, 1.807) is 24.3 Å². The van der Waals surface area contributed by atoms with Gasteiger partial charge in [0.1, 0.15) is 30.7 Å². The highest BCUT2D eigenvalue weighted by molar-refractivity contribution is 5.95. The van der Waals surface area contributed by atoms with Crippen LogP contribution in [0, 0.1) is 0 Å². The third kappa shape index (κ3) is 3.33. The Morgan fingerprint density at radius 2 is 1.71 bits per heavy atom. The van der Waals surface area contributed by atoms with E-state index in [-0.39, 0.29) is 12.3 Å². The van der Waals surface area contributed by atoms with E-state index < -0.39 is 0 Å². The number of hydrogen-bond donors (Lipinski definition) is 0. The lowest BCUT2D eigenvalue weighted by molar-refractivity contribution is 0.0967. The second-order valence-corrected chi connectivity index (χ2v) is 4.46. The lowest BCUT2D eigenvalue weighted by Crippen LogP contribution is -2.10. The van der Waals surface area contributed by atoms with Crippen LogP contribution in [0.15, 0.2) is 67.3 Å². The summed E-state index contributed by atoms with van der Waals surface area (Å²) in [6.07, 6.45) is 2.93. The molecule has 0 saturated heterocycles. The SMILES string of the molecule is O=C(Cn1cncn1)c1ccc(Oc2ccccc2)cc1.